The monoisotopic (exact) mass is 379 g/mol. The summed E-state index contributed by atoms with van der Waals surface area (Å²) < 4.78 is 40.7. The number of hydrogen-bond acceptors (Lipinski definition) is 4. The van der Waals surface area contributed by atoms with Crippen molar-refractivity contribution in [3.05, 3.63) is 59.8 Å². The normalized spacial score (nSPS) is 11.3. The van der Waals surface area contributed by atoms with Crippen LogP contribution in [0.5, 0.6) is 5.88 Å². The molecule has 6 nitrogen and oxygen atoms in total. The first-order chi connectivity index (χ1) is 12.8. The SMILES string of the molecule is CNC(=O)c1ccc(C=CC(=O)Nc2ccc(OCC(F)(F)F)nc2)cc1. The number of pyridine rings is 1. The summed E-state index contributed by atoms with van der Waals surface area (Å²) in [6.07, 6.45) is -0.423. The molecule has 0 aliphatic carbocycles. The van der Waals surface area contributed by atoms with Gasteiger partial charge in [-0.15, -0.1) is 0 Å². The average Bonchev–Trinajstić information content (AvgIpc) is 2.65. The van der Waals surface area contributed by atoms with E-state index in [9.17, 15) is 22.8 Å². The molecule has 0 aliphatic heterocycles. The van der Waals surface area contributed by atoms with Crippen molar-refractivity contribution < 1.29 is 27.5 Å². The van der Waals surface area contributed by atoms with Crippen LogP contribution >= 0.6 is 0 Å². The first kappa shape index (κ1) is 20.0. The van der Waals surface area contributed by atoms with E-state index in [1.54, 1.807) is 30.3 Å². The van der Waals surface area contributed by atoms with Gasteiger partial charge in [0.05, 0.1) is 11.9 Å². The van der Waals surface area contributed by atoms with Gasteiger partial charge in [-0.3, -0.25) is 9.59 Å². The third-order valence-corrected chi connectivity index (χ3v) is 3.21. The molecule has 2 rings (SSSR count). The lowest BCUT2D eigenvalue weighted by Gasteiger charge is -2.08. The summed E-state index contributed by atoms with van der Waals surface area (Å²) in [5.74, 6) is -0.855. The molecule has 0 saturated heterocycles. The van der Waals surface area contributed by atoms with E-state index in [1.807, 2.05) is 0 Å². The van der Waals surface area contributed by atoms with Gasteiger partial charge >= 0.3 is 6.18 Å². The largest absolute Gasteiger partial charge is 0.468 e. The molecule has 0 unspecified atom stereocenters. The summed E-state index contributed by atoms with van der Waals surface area (Å²) in [6, 6.07) is 9.22. The third-order valence-electron chi connectivity index (χ3n) is 3.21. The fraction of sp³-hybridized carbons (Fsp3) is 0.167. The summed E-state index contributed by atoms with van der Waals surface area (Å²) in [5, 5.41) is 5.03. The van der Waals surface area contributed by atoms with Crippen LogP contribution in [-0.4, -0.2) is 36.6 Å². The number of carbonyl (C=O) groups excluding carboxylic acids is 2. The maximum Gasteiger partial charge on any atom is 0.422 e. The summed E-state index contributed by atoms with van der Waals surface area (Å²) in [6.45, 7) is -1.44. The van der Waals surface area contributed by atoms with Gasteiger partial charge in [0.25, 0.3) is 5.91 Å². The van der Waals surface area contributed by atoms with E-state index in [-0.39, 0.29) is 11.8 Å². The molecule has 1 aromatic heterocycles. The Labute approximate surface area is 153 Å². The molecule has 0 saturated carbocycles. The lowest BCUT2D eigenvalue weighted by Crippen LogP contribution is -2.19. The van der Waals surface area contributed by atoms with Crippen molar-refractivity contribution in [1.29, 1.82) is 0 Å². The molecule has 2 amide bonds. The molecule has 0 spiro atoms. The number of nitrogens with one attached hydrogen (secondary N) is 2. The number of carbonyl (C=O) groups is 2. The summed E-state index contributed by atoms with van der Waals surface area (Å²) in [5.41, 5.74) is 1.52. The number of rotatable bonds is 6. The summed E-state index contributed by atoms with van der Waals surface area (Å²) >= 11 is 0. The van der Waals surface area contributed by atoms with Crippen LogP contribution < -0.4 is 15.4 Å². The number of ether oxygens (including phenoxy) is 1. The molecule has 27 heavy (non-hydrogen) atoms. The van der Waals surface area contributed by atoms with E-state index >= 15 is 0 Å². The van der Waals surface area contributed by atoms with Crippen molar-refractivity contribution in [3.8, 4) is 5.88 Å². The number of nitrogens with zero attached hydrogens (tertiary/aromatic N) is 1. The van der Waals surface area contributed by atoms with E-state index in [0.717, 1.165) is 0 Å². The van der Waals surface area contributed by atoms with E-state index in [2.05, 4.69) is 20.4 Å². The Hall–Kier alpha value is -3.36. The Morgan fingerprint density at radius 2 is 1.85 bits per heavy atom. The van der Waals surface area contributed by atoms with Gasteiger partial charge in [0.1, 0.15) is 0 Å². The molecule has 1 heterocycles. The zero-order valence-electron chi connectivity index (χ0n) is 14.2. The molecule has 0 aliphatic rings. The van der Waals surface area contributed by atoms with Gasteiger partial charge in [0.15, 0.2) is 6.61 Å². The first-order valence-electron chi connectivity index (χ1n) is 7.73. The van der Waals surface area contributed by atoms with Gasteiger partial charge in [-0.1, -0.05) is 12.1 Å². The minimum atomic E-state index is -4.45. The molecule has 9 heteroatoms. The maximum absolute atomic E-state index is 12.1. The van der Waals surface area contributed by atoms with Crippen molar-refractivity contribution >= 4 is 23.6 Å². The molecule has 0 fully saturated rings. The molecular formula is C18H16F3N3O3. The highest BCUT2D eigenvalue weighted by molar-refractivity contribution is 6.02. The van der Waals surface area contributed by atoms with Crippen LogP contribution in [0.1, 0.15) is 15.9 Å². The number of benzene rings is 1. The predicted molar refractivity (Wildman–Crippen MR) is 93.3 cm³/mol. The molecule has 2 aromatic rings. The highest BCUT2D eigenvalue weighted by atomic mass is 19.4. The van der Waals surface area contributed by atoms with Crippen molar-refractivity contribution in [3.63, 3.8) is 0 Å². The molecular weight excluding hydrogens is 363 g/mol. The second-order valence-corrected chi connectivity index (χ2v) is 5.31. The smallest absolute Gasteiger partial charge is 0.422 e. The number of amides is 2. The van der Waals surface area contributed by atoms with Crippen LogP contribution in [-0.2, 0) is 4.79 Å². The first-order valence-corrected chi connectivity index (χ1v) is 7.73. The Bertz CT molecular complexity index is 816. The van der Waals surface area contributed by atoms with E-state index in [1.165, 1.54) is 31.5 Å². The zero-order chi connectivity index (χ0) is 19.9. The van der Waals surface area contributed by atoms with E-state index in [4.69, 9.17) is 0 Å². The van der Waals surface area contributed by atoms with Crippen molar-refractivity contribution in [1.82, 2.24) is 10.3 Å². The third kappa shape index (κ3) is 6.81. The highest BCUT2D eigenvalue weighted by Crippen LogP contribution is 2.18. The lowest BCUT2D eigenvalue weighted by atomic mass is 10.1. The van der Waals surface area contributed by atoms with E-state index < -0.39 is 18.7 Å². The zero-order valence-corrected chi connectivity index (χ0v) is 14.2. The van der Waals surface area contributed by atoms with Gasteiger partial charge in [-0.05, 0) is 29.8 Å². The van der Waals surface area contributed by atoms with Crippen molar-refractivity contribution in [2.45, 2.75) is 6.18 Å². The van der Waals surface area contributed by atoms with Gasteiger partial charge < -0.3 is 15.4 Å². The van der Waals surface area contributed by atoms with Gasteiger partial charge in [0, 0.05) is 24.8 Å². The molecule has 2 N–H and O–H groups in total. The van der Waals surface area contributed by atoms with Gasteiger partial charge in [-0.2, -0.15) is 13.2 Å². The van der Waals surface area contributed by atoms with Gasteiger partial charge in [0.2, 0.25) is 11.8 Å². The number of hydrogen-bond donors (Lipinski definition) is 2. The molecule has 0 bridgehead atoms. The molecule has 0 atom stereocenters. The standard InChI is InChI=1S/C18H16F3N3O3/c1-22-17(26)13-5-2-12(3-6-13)4-8-15(25)24-14-7-9-16(23-10-14)27-11-18(19,20)21/h2-10H,11H2,1H3,(H,22,26)(H,24,25). The Balaban J connectivity index is 1.89. The minimum Gasteiger partial charge on any atom is -0.468 e. The van der Waals surface area contributed by atoms with Crippen LogP contribution in [0.25, 0.3) is 6.08 Å². The number of halogens is 3. The van der Waals surface area contributed by atoms with Gasteiger partial charge in [-0.25, -0.2) is 4.98 Å². The van der Waals surface area contributed by atoms with Crippen LogP contribution in [0.15, 0.2) is 48.7 Å². The summed E-state index contributed by atoms with van der Waals surface area (Å²) in [4.78, 5) is 27.0. The highest BCUT2D eigenvalue weighted by Gasteiger charge is 2.28. The Morgan fingerprint density at radius 1 is 1.15 bits per heavy atom. The fourth-order valence-electron chi connectivity index (χ4n) is 1.94. The predicted octanol–water partition coefficient (Wildman–Crippen LogP) is 3.03. The summed E-state index contributed by atoms with van der Waals surface area (Å²) in [7, 11) is 1.53. The molecule has 142 valence electrons. The van der Waals surface area contributed by atoms with Crippen molar-refractivity contribution in [2.75, 3.05) is 19.0 Å². The lowest BCUT2D eigenvalue weighted by molar-refractivity contribution is -0.154. The quantitative estimate of drug-likeness (QED) is 0.756. The molecule has 0 radical (unpaired) electrons. The van der Waals surface area contributed by atoms with Crippen LogP contribution in [0.2, 0.25) is 0 Å². The molecule has 1 aromatic carbocycles. The topological polar surface area (TPSA) is 80.3 Å². The number of aromatic nitrogens is 1. The van der Waals surface area contributed by atoms with Crippen LogP contribution in [0.3, 0.4) is 0 Å². The van der Waals surface area contributed by atoms with Crippen LogP contribution in [0.4, 0.5) is 18.9 Å². The maximum atomic E-state index is 12.1. The fourth-order valence-corrected chi connectivity index (χ4v) is 1.94. The number of alkyl halides is 3. The second kappa shape index (κ2) is 8.84. The minimum absolute atomic E-state index is 0.197. The van der Waals surface area contributed by atoms with Crippen molar-refractivity contribution in [2.24, 2.45) is 0 Å². The Kier molecular flexibility index (Phi) is 6.53. The van der Waals surface area contributed by atoms with E-state index in [0.29, 0.717) is 16.8 Å². The van der Waals surface area contributed by atoms with Crippen LogP contribution in [0, 0.1) is 0 Å². The Morgan fingerprint density at radius 3 is 2.41 bits per heavy atom. The number of anilines is 1. The average molecular weight is 379 g/mol. The second-order valence-electron chi connectivity index (χ2n) is 5.31.